The fourth-order valence-electron chi connectivity index (χ4n) is 1.69. The highest BCUT2D eigenvalue weighted by Gasteiger charge is 2.15. The SMILES string of the molecule is CNC(C)c1nnnn1-c1cc(OC)cc(OC)c1. The van der Waals surface area contributed by atoms with Crippen LogP contribution >= 0.6 is 0 Å². The normalized spacial score (nSPS) is 12.2. The Morgan fingerprint density at radius 3 is 2.32 bits per heavy atom. The molecular formula is C12H17N5O2. The first kappa shape index (κ1) is 13.3. The quantitative estimate of drug-likeness (QED) is 0.866. The Morgan fingerprint density at radius 1 is 1.16 bits per heavy atom. The summed E-state index contributed by atoms with van der Waals surface area (Å²) in [6.07, 6.45) is 0. The highest BCUT2D eigenvalue weighted by atomic mass is 16.5. The Balaban J connectivity index is 2.49. The van der Waals surface area contributed by atoms with E-state index in [9.17, 15) is 0 Å². The summed E-state index contributed by atoms with van der Waals surface area (Å²) in [6.45, 7) is 1.99. The lowest BCUT2D eigenvalue weighted by molar-refractivity contribution is 0.393. The number of nitrogens with zero attached hydrogens (tertiary/aromatic N) is 4. The lowest BCUT2D eigenvalue weighted by atomic mass is 10.2. The van der Waals surface area contributed by atoms with Crippen LogP contribution in [0.4, 0.5) is 0 Å². The van der Waals surface area contributed by atoms with Gasteiger partial charge in [-0.3, -0.25) is 0 Å². The first-order valence-electron chi connectivity index (χ1n) is 5.88. The molecule has 0 spiro atoms. The van der Waals surface area contributed by atoms with Crippen molar-refractivity contribution in [3.8, 4) is 17.2 Å². The van der Waals surface area contributed by atoms with Crippen molar-refractivity contribution in [2.24, 2.45) is 0 Å². The number of benzene rings is 1. The highest BCUT2D eigenvalue weighted by molar-refractivity contribution is 5.46. The van der Waals surface area contributed by atoms with Crippen molar-refractivity contribution in [2.45, 2.75) is 13.0 Å². The van der Waals surface area contributed by atoms with E-state index >= 15 is 0 Å². The van der Waals surface area contributed by atoms with E-state index in [1.54, 1.807) is 25.0 Å². The molecule has 1 atom stereocenters. The molecule has 2 rings (SSSR count). The third-order valence-electron chi connectivity index (χ3n) is 2.89. The Kier molecular flexibility index (Phi) is 3.96. The molecular weight excluding hydrogens is 246 g/mol. The van der Waals surface area contributed by atoms with E-state index in [4.69, 9.17) is 9.47 Å². The van der Waals surface area contributed by atoms with Gasteiger partial charge in [0.15, 0.2) is 5.82 Å². The van der Waals surface area contributed by atoms with Crippen molar-refractivity contribution in [1.29, 1.82) is 0 Å². The van der Waals surface area contributed by atoms with E-state index in [0.717, 1.165) is 11.5 Å². The maximum absolute atomic E-state index is 5.24. The lowest BCUT2D eigenvalue weighted by Crippen LogP contribution is -2.17. The molecule has 1 heterocycles. The maximum Gasteiger partial charge on any atom is 0.173 e. The zero-order valence-electron chi connectivity index (χ0n) is 11.4. The number of nitrogens with one attached hydrogen (secondary N) is 1. The van der Waals surface area contributed by atoms with Gasteiger partial charge in [-0.1, -0.05) is 0 Å². The summed E-state index contributed by atoms with van der Waals surface area (Å²) < 4.78 is 12.1. The molecule has 0 amide bonds. The van der Waals surface area contributed by atoms with Gasteiger partial charge in [-0.2, -0.15) is 4.68 Å². The maximum atomic E-state index is 5.24. The van der Waals surface area contributed by atoms with Crippen LogP contribution in [0.25, 0.3) is 5.69 Å². The summed E-state index contributed by atoms with van der Waals surface area (Å²) in [6, 6.07) is 5.54. The molecule has 0 saturated heterocycles. The third kappa shape index (κ3) is 2.65. The second kappa shape index (κ2) is 5.66. The number of hydrogen-bond acceptors (Lipinski definition) is 6. The molecule has 1 aromatic heterocycles. The van der Waals surface area contributed by atoms with Crippen LogP contribution in [0.2, 0.25) is 0 Å². The number of methoxy groups -OCH3 is 2. The van der Waals surface area contributed by atoms with Crippen LogP contribution in [0, 0.1) is 0 Å². The fraction of sp³-hybridized carbons (Fsp3) is 0.417. The topological polar surface area (TPSA) is 74.1 Å². The molecule has 0 aliphatic heterocycles. The summed E-state index contributed by atoms with van der Waals surface area (Å²) in [5.74, 6) is 2.10. The van der Waals surface area contributed by atoms with Crippen molar-refractivity contribution in [3.63, 3.8) is 0 Å². The summed E-state index contributed by atoms with van der Waals surface area (Å²) in [7, 11) is 5.07. The molecule has 0 fully saturated rings. The lowest BCUT2D eigenvalue weighted by Gasteiger charge is -2.12. The number of rotatable bonds is 5. The predicted molar refractivity (Wildman–Crippen MR) is 69.7 cm³/mol. The molecule has 0 aliphatic carbocycles. The molecule has 1 aromatic carbocycles. The Labute approximate surface area is 111 Å². The van der Waals surface area contributed by atoms with Crippen molar-refractivity contribution in [1.82, 2.24) is 25.5 Å². The Hall–Kier alpha value is -2.15. The van der Waals surface area contributed by atoms with Crippen molar-refractivity contribution < 1.29 is 9.47 Å². The van der Waals surface area contributed by atoms with Gasteiger partial charge < -0.3 is 14.8 Å². The summed E-state index contributed by atoms with van der Waals surface area (Å²) in [4.78, 5) is 0. The van der Waals surface area contributed by atoms with Crippen molar-refractivity contribution in [2.75, 3.05) is 21.3 Å². The van der Waals surface area contributed by atoms with Gasteiger partial charge in [0, 0.05) is 18.2 Å². The summed E-state index contributed by atoms with van der Waals surface area (Å²) in [5.41, 5.74) is 0.790. The van der Waals surface area contributed by atoms with Gasteiger partial charge in [0.25, 0.3) is 0 Å². The molecule has 1 N–H and O–H groups in total. The van der Waals surface area contributed by atoms with E-state index < -0.39 is 0 Å². The van der Waals surface area contributed by atoms with Gasteiger partial charge in [-0.25, -0.2) is 0 Å². The van der Waals surface area contributed by atoms with Gasteiger partial charge >= 0.3 is 0 Å². The van der Waals surface area contributed by atoms with Gasteiger partial charge in [0.2, 0.25) is 0 Å². The molecule has 7 nitrogen and oxygen atoms in total. The van der Waals surface area contributed by atoms with Crippen LogP contribution in [0.3, 0.4) is 0 Å². The van der Waals surface area contributed by atoms with Crippen LogP contribution in [0.5, 0.6) is 11.5 Å². The largest absolute Gasteiger partial charge is 0.497 e. The first-order chi connectivity index (χ1) is 9.19. The van der Waals surface area contributed by atoms with Gasteiger partial charge in [0.1, 0.15) is 11.5 Å². The third-order valence-corrected chi connectivity index (χ3v) is 2.89. The molecule has 19 heavy (non-hydrogen) atoms. The number of aromatic nitrogens is 4. The molecule has 1 unspecified atom stereocenters. The molecule has 0 saturated carbocycles. The zero-order valence-corrected chi connectivity index (χ0v) is 11.4. The Morgan fingerprint density at radius 2 is 1.79 bits per heavy atom. The number of ether oxygens (including phenoxy) is 2. The second-order valence-electron chi connectivity index (χ2n) is 4.03. The monoisotopic (exact) mass is 263 g/mol. The highest BCUT2D eigenvalue weighted by Crippen LogP contribution is 2.25. The van der Waals surface area contributed by atoms with Crippen LogP contribution < -0.4 is 14.8 Å². The van der Waals surface area contributed by atoms with Gasteiger partial charge in [0.05, 0.1) is 25.9 Å². The van der Waals surface area contributed by atoms with E-state index in [0.29, 0.717) is 11.5 Å². The first-order valence-corrected chi connectivity index (χ1v) is 5.88. The van der Waals surface area contributed by atoms with E-state index in [1.165, 1.54) is 0 Å². The van der Waals surface area contributed by atoms with E-state index in [2.05, 4.69) is 20.8 Å². The predicted octanol–water partition coefficient (Wildman–Crippen LogP) is 0.960. The van der Waals surface area contributed by atoms with Gasteiger partial charge in [-0.05, 0) is 24.4 Å². The number of hydrogen-bond donors (Lipinski definition) is 1. The van der Waals surface area contributed by atoms with Crippen LogP contribution in [0.1, 0.15) is 18.8 Å². The molecule has 102 valence electrons. The average molecular weight is 263 g/mol. The van der Waals surface area contributed by atoms with Crippen molar-refractivity contribution >= 4 is 0 Å². The van der Waals surface area contributed by atoms with Crippen LogP contribution in [-0.2, 0) is 0 Å². The molecule has 7 heteroatoms. The minimum absolute atomic E-state index is 0.0344. The average Bonchev–Trinajstić information content (AvgIpc) is 2.95. The minimum Gasteiger partial charge on any atom is -0.497 e. The standard InChI is InChI=1S/C12H17N5O2/c1-8(13-2)12-14-15-16-17(12)9-5-10(18-3)7-11(6-9)19-4/h5-8,13H,1-4H3. The fourth-order valence-corrected chi connectivity index (χ4v) is 1.69. The van der Waals surface area contributed by atoms with Crippen LogP contribution in [-0.4, -0.2) is 41.5 Å². The minimum atomic E-state index is 0.0344. The summed E-state index contributed by atoms with van der Waals surface area (Å²) >= 11 is 0. The van der Waals surface area contributed by atoms with Gasteiger partial charge in [-0.15, -0.1) is 5.10 Å². The molecule has 0 bridgehead atoms. The van der Waals surface area contributed by atoms with E-state index in [-0.39, 0.29) is 6.04 Å². The van der Waals surface area contributed by atoms with Crippen LogP contribution in [0.15, 0.2) is 18.2 Å². The second-order valence-corrected chi connectivity index (χ2v) is 4.03. The van der Waals surface area contributed by atoms with E-state index in [1.807, 2.05) is 26.1 Å². The smallest absolute Gasteiger partial charge is 0.173 e. The number of tetrazole rings is 1. The molecule has 0 radical (unpaired) electrons. The zero-order chi connectivity index (χ0) is 13.8. The molecule has 2 aromatic rings. The Bertz CT molecular complexity index is 533. The summed E-state index contributed by atoms with van der Waals surface area (Å²) in [5, 5.41) is 14.9. The van der Waals surface area contributed by atoms with Crippen molar-refractivity contribution in [3.05, 3.63) is 24.0 Å². The molecule has 0 aliphatic rings.